The molecule has 0 aliphatic heterocycles. The van der Waals surface area contributed by atoms with Gasteiger partial charge in [-0.05, 0) is 38.8 Å². The summed E-state index contributed by atoms with van der Waals surface area (Å²) in [7, 11) is 0. The number of rotatable bonds is 5. The molecule has 1 heterocycles. The van der Waals surface area contributed by atoms with E-state index in [9.17, 15) is 14.4 Å². The molecule has 7 heteroatoms. The van der Waals surface area contributed by atoms with Crippen molar-refractivity contribution < 1.29 is 14.3 Å². The number of aromatic nitrogens is 1. The van der Waals surface area contributed by atoms with Crippen molar-refractivity contribution in [3.63, 3.8) is 0 Å². The predicted molar refractivity (Wildman–Crippen MR) is 93.4 cm³/mol. The smallest absolute Gasteiger partial charge is 0.326 e. The second-order valence-electron chi connectivity index (χ2n) is 5.62. The third-order valence-corrected chi connectivity index (χ3v) is 4.55. The fourth-order valence-corrected chi connectivity index (χ4v) is 2.98. The van der Waals surface area contributed by atoms with E-state index >= 15 is 0 Å². The standard InChI is InChI=1S/C17H20N2O4S/c1-10-6-5-7-11(2)15(10)18-16(21)13(4)23-14(20)8-19-12(3)9-24-17(19)22/h5-7,9,13H,8H2,1-4H3,(H,18,21)/t13-/m0/s1. The number of nitrogens with one attached hydrogen (secondary N) is 1. The van der Waals surface area contributed by atoms with Crippen LogP contribution in [0.4, 0.5) is 5.69 Å². The lowest BCUT2D eigenvalue weighted by molar-refractivity contribution is -0.153. The zero-order valence-electron chi connectivity index (χ0n) is 14.1. The molecule has 0 fully saturated rings. The van der Waals surface area contributed by atoms with Crippen molar-refractivity contribution in [1.82, 2.24) is 4.57 Å². The van der Waals surface area contributed by atoms with Gasteiger partial charge in [-0.15, -0.1) is 0 Å². The van der Waals surface area contributed by atoms with Crippen LogP contribution < -0.4 is 10.2 Å². The van der Waals surface area contributed by atoms with Gasteiger partial charge in [-0.1, -0.05) is 29.5 Å². The first-order valence-electron chi connectivity index (χ1n) is 7.51. The third kappa shape index (κ3) is 4.11. The number of hydrogen-bond acceptors (Lipinski definition) is 5. The van der Waals surface area contributed by atoms with E-state index in [2.05, 4.69) is 5.32 Å². The molecule has 0 aliphatic carbocycles. The number of carbonyl (C=O) groups excluding carboxylic acids is 2. The molecule has 0 saturated carbocycles. The molecule has 1 aromatic heterocycles. The van der Waals surface area contributed by atoms with Crippen LogP contribution in [0.2, 0.25) is 0 Å². The Morgan fingerprint density at radius 2 is 1.88 bits per heavy atom. The van der Waals surface area contributed by atoms with E-state index in [1.54, 1.807) is 12.3 Å². The summed E-state index contributed by atoms with van der Waals surface area (Å²) < 4.78 is 6.46. The molecule has 0 unspecified atom stereocenters. The molecule has 1 atom stereocenters. The topological polar surface area (TPSA) is 77.4 Å². The molecule has 0 spiro atoms. The van der Waals surface area contributed by atoms with Crippen LogP contribution in [0.1, 0.15) is 23.7 Å². The summed E-state index contributed by atoms with van der Waals surface area (Å²) in [6.07, 6.45) is -0.953. The maximum atomic E-state index is 12.2. The molecule has 2 rings (SSSR count). The number of amides is 1. The Kier molecular flexibility index (Phi) is 5.56. The molecule has 1 aromatic carbocycles. The predicted octanol–water partition coefficient (Wildman–Crippen LogP) is 2.41. The summed E-state index contributed by atoms with van der Waals surface area (Å²) >= 11 is 1.02. The van der Waals surface area contributed by atoms with Gasteiger partial charge in [-0.3, -0.25) is 19.0 Å². The number of hydrogen-bond donors (Lipinski definition) is 1. The van der Waals surface area contributed by atoms with Gasteiger partial charge in [0.15, 0.2) is 6.10 Å². The largest absolute Gasteiger partial charge is 0.451 e. The van der Waals surface area contributed by atoms with Gasteiger partial charge in [0.1, 0.15) is 6.54 Å². The molecular formula is C17H20N2O4S. The van der Waals surface area contributed by atoms with E-state index in [0.29, 0.717) is 5.69 Å². The highest BCUT2D eigenvalue weighted by Crippen LogP contribution is 2.19. The lowest BCUT2D eigenvalue weighted by Crippen LogP contribution is -2.32. The number of aryl methyl sites for hydroxylation is 3. The zero-order chi connectivity index (χ0) is 17.9. The first kappa shape index (κ1) is 17.9. The number of benzene rings is 1. The number of thiazole rings is 1. The fraction of sp³-hybridized carbons (Fsp3) is 0.353. The van der Waals surface area contributed by atoms with Crippen molar-refractivity contribution in [2.45, 2.75) is 40.3 Å². The molecule has 24 heavy (non-hydrogen) atoms. The molecule has 6 nitrogen and oxygen atoms in total. The SMILES string of the molecule is Cc1cccc(C)c1NC(=O)[C@H](C)OC(=O)Cn1c(C)csc1=O. The van der Waals surface area contributed by atoms with Crippen molar-refractivity contribution in [3.8, 4) is 0 Å². The lowest BCUT2D eigenvalue weighted by atomic mass is 10.1. The molecule has 0 radical (unpaired) electrons. The summed E-state index contributed by atoms with van der Waals surface area (Å²) in [5, 5.41) is 4.46. The molecule has 0 bridgehead atoms. The van der Waals surface area contributed by atoms with Gasteiger partial charge >= 0.3 is 10.8 Å². The Bertz CT molecular complexity index is 802. The number of esters is 1. The second kappa shape index (κ2) is 7.44. The summed E-state index contributed by atoms with van der Waals surface area (Å²) in [4.78, 5) is 35.6. The Hall–Kier alpha value is -2.41. The van der Waals surface area contributed by atoms with E-state index in [-0.39, 0.29) is 11.4 Å². The highest BCUT2D eigenvalue weighted by Gasteiger charge is 2.20. The van der Waals surface area contributed by atoms with Crippen LogP contribution in [0.5, 0.6) is 0 Å². The van der Waals surface area contributed by atoms with Gasteiger partial charge < -0.3 is 10.1 Å². The fourth-order valence-electron chi connectivity index (χ4n) is 2.25. The second-order valence-corrected chi connectivity index (χ2v) is 6.44. The molecule has 1 amide bonds. The first-order valence-corrected chi connectivity index (χ1v) is 8.39. The highest BCUT2D eigenvalue weighted by atomic mass is 32.1. The van der Waals surface area contributed by atoms with Crippen LogP contribution in [-0.2, 0) is 20.9 Å². The molecule has 0 saturated heterocycles. The van der Waals surface area contributed by atoms with Crippen LogP contribution in [0.15, 0.2) is 28.4 Å². The van der Waals surface area contributed by atoms with Crippen molar-refractivity contribution >= 4 is 28.9 Å². The van der Waals surface area contributed by atoms with E-state index < -0.39 is 18.0 Å². The van der Waals surface area contributed by atoms with Gasteiger partial charge in [0.25, 0.3) is 5.91 Å². The van der Waals surface area contributed by atoms with E-state index in [0.717, 1.165) is 28.2 Å². The Labute approximate surface area is 144 Å². The number of ether oxygens (including phenoxy) is 1. The van der Waals surface area contributed by atoms with Gasteiger partial charge in [0, 0.05) is 16.8 Å². The third-order valence-electron chi connectivity index (χ3n) is 3.67. The minimum absolute atomic E-state index is 0.199. The monoisotopic (exact) mass is 348 g/mol. The average molecular weight is 348 g/mol. The van der Waals surface area contributed by atoms with E-state index in [4.69, 9.17) is 4.74 Å². The average Bonchev–Trinajstić information content (AvgIpc) is 2.82. The van der Waals surface area contributed by atoms with Crippen molar-refractivity contribution in [2.24, 2.45) is 0 Å². The van der Waals surface area contributed by atoms with Crippen LogP contribution in [0.3, 0.4) is 0 Å². The molecule has 128 valence electrons. The summed E-state index contributed by atoms with van der Waals surface area (Å²) in [6.45, 7) is 6.83. The van der Waals surface area contributed by atoms with Crippen LogP contribution in [0.25, 0.3) is 0 Å². The van der Waals surface area contributed by atoms with Gasteiger partial charge in [-0.25, -0.2) is 0 Å². The van der Waals surface area contributed by atoms with Crippen molar-refractivity contribution in [1.29, 1.82) is 0 Å². The Morgan fingerprint density at radius 3 is 2.42 bits per heavy atom. The molecule has 1 N–H and O–H groups in total. The van der Waals surface area contributed by atoms with Gasteiger partial charge in [-0.2, -0.15) is 0 Å². The molecule has 0 aliphatic rings. The number of carbonyl (C=O) groups is 2. The number of nitrogens with zero attached hydrogens (tertiary/aromatic N) is 1. The quantitative estimate of drug-likeness (QED) is 0.842. The first-order chi connectivity index (χ1) is 11.3. The van der Waals surface area contributed by atoms with Crippen LogP contribution in [0, 0.1) is 20.8 Å². The van der Waals surface area contributed by atoms with Crippen LogP contribution >= 0.6 is 11.3 Å². The highest BCUT2D eigenvalue weighted by molar-refractivity contribution is 7.07. The van der Waals surface area contributed by atoms with Crippen LogP contribution in [-0.4, -0.2) is 22.5 Å². The number of anilines is 1. The van der Waals surface area contributed by atoms with Crippen molar-refractivity contribution in [3.05, 3.63) is 50.1 Å². The minimum Gasteiger partial charge on any atom is -0.451 e. The maximum Gasteiger partial charge on any atom is 0.326 e. The molecule has 2 aromatic rings. The maximum absolute atomic E-state index is 12.2. The van der Waals surface area contributed by atoms with Gasteiger partial charge in [0.2, 0.25) is 0 Å². The van der Waals surface area contributed by atoms with Crippen molar-refractivity contribution in [2.75, 3.05) is 5.32 Å². The van der Waals surface area contributed by atoms with Gasteiger partial charge in [0.05, 0.1) is 0 Å². The Balaban J connectivity index is 1.99. The number of para-hydroxylation sites is 1. The Morgan fingerprint density at radius 1 is 1.25 bits per heavy atom. The summed E-state index contributed by atoms with van der Waals surface area (Å²) in [6, 6.07) is 5.70. The summed E-state index contributed by atoms with van der Waals surface area (Å²) in [5.41, 5.74) is 3.27. The summed E-state index contributed by atoms with van der Waals surface area (Å²) in [5.74, 6) is -1.03. The lowest BCUT2D eigenvalue weighted by Gasteiger charge is -2.16. The van der Waals surface area contributed by atoms with E-state index in [1.807, 2.05) is 32.0 Å². The minimum atomic E-state index is -0.953. The normalized spacial score (nSPS) is 11.8. The van der Waals surface area contributed by atoms with E-state index in [1.165, 1.54) is 11.5 Å². The molecular weight excluding hydrogens is 328 g/mol. The zero-order valence-corrected chi connectivity index (χ0v) is 14.9.